The van der Waals surface area contributed by atoms with E-state index in [-0.39, 0.29) is 24.1 Å². The first kappa shape index (κ1) is 32.2. The summed E-state index contributed by atoms with van der Waals surface area (Å²) in [5.41, 5.74) is 1.93. The maximum Gasteiger partial charge on any atom is 0.256 e. The number of alkyl halides is 1. The molecule has 0 unspecified atom stereocenters. The average Bonchev–Trinajstić information content (AvgIpc) is 3.69. The fraction of sp³-hybridized carbons (Fsp3) is 0.382. The van der Waals surface area contributed by atoms with Crippen LogP contribution in [0.3, 0.4) is 0 Å². The number of carbonyl (C=O) groups excluding carboxylic acids is 2. The van der Waals surface area contributed by atoms with Crippen molar-refractivity contribution in [3.05, 3.63) is 106 Å². The lowest BCUT2D eigenvalue weighted by molar-refractivity contribution is 0.0735. The van der Waals surface area contributed by atoms with Crippen molar-refractivity contribution in [3.8, 4) is 0 Å². The number of thiazole rings is 1. The normalized spacial score (nSPS) is 16.3. The molecule has 1 aliphatic rings. The number of amides is 2. The van der Waals surface area contributed by atoms with Gasteiger partial charge < -0.3 is 20.2 Å². The Morgan fingerprint density at radius 1 is 1.13 bits per heavy atom. The zero-order valence-electron chi connectivity index (χ0n) is 26.0. The zero-order chi connectivity index (χ0) is 32.1. The van der Waals surface area contributed by atoms with Gasteiger partial charge in [-0.1, -0.05) is 30.3 Å². The molecule has 236 valence electrons. The molecule has 2 amide bonds. The van der Waals surface area contributed by atoms with E-state index in [4.69, 9.17) is 0 Å². The summed E-state index contributed by atoms with van der Waals surface area (Å²) in [7, 11) is 1.79. The number of aliphatic hydroxyl groups is 1. The van der Waals surface area contributed by atoms with Crippen molar-refractivity contribution in [2.24, 2.45) is 0 Å². The van der Waals surface area contributed by atoms with Crippen LogP contribution in [0.15, 0.2) is 72.6 Å². The Balaban J connectivity index is 1.32. The van der Waals surface area contributed by atoms with Gasteiger partial charge in [0.1, 0.15) is 10.7 Å². The first-order valence-electron chi connectivity index (χ1n) is 15.1. The molecule has 1 saturated heterocycles. The Morgan fingerprint density at radius 2 is 1.87 bits per heavy atom. The molecule has 0 aliphatic carbocycles. The van der Waals surface area contributed by atoms with E-state index < -0.39 is 23.7 Å². The quantitative estimate of drug-likeness (QED) is 0.233. The highest BCUT2D eigenvalue weighted by molar-refractivity contribution is 7.09. The Bertz CT molecular complexity index is 1630. The zero-order valence-corrected chi connectivity index (χ0v) is 26.8. The Hall–Kier alpha value is -4.22. The monoisotopic (exact) mass is 630 g/mol. The third-order valence-corrected chi connectivity index (χ3v) is 9.14. The number of likely N-dealkylation sites (tertiary alicyclic amines) is 1. The van der Waals surface area contributed by atoms with E-state index in [1.165, 1.54) is 32.4 Å². The molecule has 1 aliphatic heterocycles. The van der Waals surface area contributed by atoms with E-state index in [0.717, 1.165) is 29.1 Å². The van der Waals surface area contributed by atoms with Crippen LogP contribution >= 0.6 is 11.3 Å². The van der Waals surface area contributed by atoms with Crippen molar-refractivity contribution >= 4 is 28.8 Å². The number of aromatic nitrogens is 3. The van der Waals surface area contributed by atoms with Gasteiger partial charge in [-0.3, -0.25) is 19.6 Å². The summed E-state index contributed by atoms with van der Waals surface area (Å²) >= 11 is 1.55. The molecule has 4 heterocycles. The maximum absolute atomic E-state index is 14.6. The van der Waals surface area contributed by atoms with E-state index in [1.807, 2.05) is 47.5 Å². The maximum atomic E-state index is 14.6. The molecule has 0 spiro atoms. The molecular weight excluding hydrogens is 591 g/mol. The van der Waals surface area contributed by atoms with Crippen LogP contribution in [0.2, 0.25) is 0 Å². The summed E-state index contributed by atoms with van der Waals surface area (Å²) < 4.78 is 14.6. The van der Waals surface area contributed by atoms with Crippen molar-refractivity contribution < 1.29 is 19.1 Å². The van der Waals surface area contributed by atoms with Crippen molar-refractivity contribution in [2.75, 3.05) is 25.0 Å². The third kappa shape index (κ3) is 7.90. The highest BCUT2D eigenvalue weighted by Crippen LogP contribution is 2.35. The minimum Gasteiger partial charge on any atom is -0.389 e. The van der Waals surface area contributed by atoms with E-state index in [1.54, 1.807) is 41.6 Å². The van der Waals surface area contributed by atoms with Gasteiger partial charge in [0, 0.05) is 55.4 Å². The number of nitrogens with zero attached hydrogens (tertiary/aromatic N) is 5. The lowest BCUT2D eigenvalue weighted by Crippen LogP contribution is -2.49. The van der Waals surface area contributed by atoms with E-state index >= 15 is 0 Å². The van der Waals surface area contributed by atoms with Crippen LogP contribution in [0.5, 0.6) is 0 Å². The highest BCUT2D eigenvalue weighted by Gasteiger charge is 2.33. The van der Waals surface area contributed by atoms with Crippen LogP contribution in [0, 0.1) is 6.92 Å². The molecule has 0 bridgehead atoms. The smallest absolute Gasteiger partial charge is 0.256 e. The standard InChI is InChI=1S/C34H39FN6O3S/c1-22-21-45-32(38-22)29-11-8-12-41(29)33(44)25-14-24(16-36-17-25)31(43)39-28(13-23-9-6-5-7-10-23)30(42)20-40(4)27-15-26(18-37-19-27)34(2,3)35/h5-7,9-10,14-19,21,28-30,42H,8,11-13,20H2,1-4H3,(H,39,43)/t28-,29+,30+/m0/s1. The number of hydrogen-bond acceptors (Lipinski definition) is 8. The fourth-order valence-corrected chi connectivity index (χ4v) is 6.46. The first-order chi connectivity index (χ1) is 21.5. The van der Waals surface area contributed by atoms with Gasteiger partial charge in [-0.15, -0.1) is 11.3 Å². The second-order valence-corrected chi connectivity index (χ2v) is 13.0. The summed E-state index contributed by atoms with van der Waals surface area (Å²) in [6, 6.07) is 12.1. The Kier molecular flexibility index (Phi) is 9.89. The Morgan fingerprint density at radius 3 is 2.58 bits per heavy atom. The molecule has 1 fully saturated rings. The van der Waals surface area contributed by atoms with Gasteiger partial charge in [0.15, 0.2) is 0 Å². The van der Waals surface area contributed by atoms with Crippen molar-refractivity contribution in [2.45, 2.75) is 63.9 Å². The van der Waals surface area contributed by atoms with Crippen LogP contribution < -0.4 is 10.2 Å². The number of benzene rings is 1. The molecule has 4 aromatic rings. The molecule has 11 heteroatoms. The largest absolute Gasteiger partial charge is 0.389 e. The van der Waals surface area contributed by atoms with Crippen LogP contribution in [0.4, 0.5) is 10.1 Å². The molecule has 45 heavy (non-hydrogen) atoms. The third-order valence-electron chi connectivity index (χ3n) is 8.07. The molecule has 9 nitrogen and oxygen atoms in total. The van der Waals surface area contributed by atoms with Gasteiger partial charge >= 0.3 is 0 Å². The number of hydrogen-bond donors (Lipinski definition) is 2. The summed E-state index contributed by atoms with van der Waals surface area (Å²) in [5, 5.41) is 17.3. The average molecular weight is 631 g/mol. The minimum absolute atomic E-state index is 0.0945. The van der Waals surface area contributed by atoms with Crippen LogP contribution in [0.25, 0.3) is 0 Å². The number of likely N-dealkylation sites (N-methyl/N-ethyl adjacent to an activating group) is 1. The predicted molar refractivity (Wildman–Crippen MR) is 173 cm³/mol. The summed E-state index contributed by atoms with van der Waals surface area (Å²) in [4.78, 5) is 43.8. The van der Waals surface area contributed by atoms with Crippen LogP contribution in [-0.4, -0.2) is 69.1 Å². The molecule has 1 aromatic carbocycles. The minimum atomic E-state index is -1.56. The molecule has 2 N–H and O–H groups in total. The molecule has 5 rings (SSSR count). The summed E-state index contributed by atoms with van der Waals surface area (Å²) in [6.45, 7) is 5.64. The van der Waals surface area contributed by atoms with Crippen molar-refractivity contribution in [3.63, 3.8) is 0 Å². The lowest BCUT2D eigenvalue weighted by Gasteiger charge is -2.29. The van der Waals surface area contributed by atoms with Crippen LogP contribution in [-0.2, 0) is 12.1 Å². The first-order valence-corrected chi connectivity index (χ1v) is 15.9. The summed E-state index contributed by atoms with van der Waals surface area (Å²) in [6.07, 6.45) is 7.09. The van der Waals surface area contributed by atoms with E-state index in [9.17, 15) is 19.1 Å². The number of rotatable bonds is 11. The van der Waals surface area contributed by atoms with Crippen LogP contribution in [0.1, 0.15) is 75.3 Å². The number of nitrogens with one attached hydrogen (secondary N) is 1. The van der Waals surface area contributed by atoms with Crippen molar-refractivity contribution in [1.29, 1.82) is 0 Å². The number of halogens is 1. The fourth-order valence-electron chi connectivity index (χ4n) is 5.52. The van der Waals surface area contributed by atoms with Gasteiger partial charge in [-0.05, 0) is 57.7 Å². The highest BCUT2D eigenvalue weighted by atomic mass is 32.1. The van der Waals surface area contributed by atoms with Gasteiger partial charge in [0.05, 0.1) is 41.2 Å². The van der Waals surface area contributed by atoms with E-state index in [0.29, 0.717) is 29.8 Å². The molecular formula is C34H39FN6O3S. The molecule has 0 radical (unpaired) electrons. The van der Waals surface area contributed by atoms with Gasteiger partial charge in [0.25, 0.3) is 11.8 Å². The molecule has 3 atom stereocenters. The number of aliphatic hydroxyl groups excluding tert-OH is 1. The van der Waals surface area contributed by atoms with E-state index in [2.05, 4.69) is 20.3 Å². The number of carbonyl (C=O) groups is 2. The number of anilines is 1. The van der Waals surface area contributed by atoms with Crippen molar-refractivity contribution in [1.82, 2.24) is 25.2 Å². The predicted octanol–water partition coefficient (Wildman–Crippen LogP) is 5.26. The molecule has 0 saturated carbocycles. The summed E-state index contributed by atoms with van der Waals surface area (Å²) in [5.74, 6) is -0.640. The SMILES string of the molecule is Cc1csc([C@H]2CCCN2C(=O)c2cncc(C(=O)N[C@@H](Cc3ccccc3)[C@H](O)CN(C)c3cncc(C(C)(C)F)c3)c2)n1. The second kappa shape index (κ2) is 13.8. The topological polar surface area (TPSA) is 112 Å². The lowest BCUT2D eigenvalue weighted by atomic mass is 9.99. The van der Waals surface area contributed by atoms with Gasteiger partial charge in [0.2, 0.25) is 0 Å². The Labute approximate surface area is 267 Å². The number of aryl methyl sites for hydroxylation is 1. The van der Waals surface area contributed by atoms with Gasteiger partial charge in [-0.25, -0.2) is 9.37 Å². The van der Waals surface area contributed by atoms with Gasteiger partial charge in [-0.2, -0.15) is 0 Å². The second-order valence-electron chi connectivity index (χ2n) is 12.1. The number of pyridine rings is 2. The molecule has 3 aromatic heterocycles.